The van der Waals surface area contributed by atoms with Gasteiger partial charge in [0.05, 0.1) is 10.8 Å². The molecule has 10 heteroatoms. The number of aromatic nitrogens is 2. The van der Waals surface area contributed by atoms with Crippen LogP contribution in [-0.2, 0) is 19.6 Å². The molecule has 28 heavy (non-hydrogen) atoms. The highest BCUT2D eigenvalue weighted by Crippen LogP contribution is 2.22. The number of nitrogens with zero attached hydrogens (tertiary/aromatic N) is 3. The highest BCUT2D eigenvalue weighted by Gasteiger charge is 2.35. The summed E-state index contributed by atoms with van der Waals surface area (Å²) in [5, 5.41) is 2.73. The average molecular weight is 403 g/mol. The van der Waals surface area contributed by atoms with Gasteiger partial charge in [-0.2, -0.15) is 0 Å². The van der Waals surface area contributed by atoms with Gasteiger partial charge >= 0.3 is 0 Å². The summed E-state index contributed by atoms with van der Waals surface area (Å²) in [6, 6.07) is 7.37. The molecule has 1 aliphatic rings. The largest absolute Gasteiger partial charge is 0.339 e. The van der Waals surface area contributed by atoms with Crippen LogP contribution in [0.25, 0.3) is 0 Å². The molecule has 1 fully saturated rings. The van der Waals surface area contributed by atoms with Gasteiger partial charge in [-0.15, -0.1) is 0 Å². The Kier molecular flexibility index (Phi) is 5.59. The van der Waals surface area contributed by atoms with Gasteiger partial charge in [-0.1, -0.05) is 0 Å². The van der Waals surface area contributed by atoms with E-state index in [1.165, 1.54) is 36.7 Å². The monoisotopic (exact) mass is 403 g/mol. The van der Waals surface area contributed by atoms with E-state index >= 15 is 0 Å². The van der Waals surface area contributed by atoms with Gasteiger partial charge in [0.2, 0.25) is 17.8 Å². The van der Waals surface area contributed by atoms with Gasteiger partial charge in [0, 0.05) is 37.1 Å². The van der Waals surface area contributed by atoms with Gasteiger partial charge in [-0.05, 0) is 44.2 Å². The van der Waals surface area contributed by atoms with E-state index in [2.05, 4.69) is 20.0 Å². The lowest BCUT2D eigenvalue weighted by Crippen LogP contribution is -2.33. The summed E-state index contributed by atoms with van der Waals surface area (Å²) in [7, 11) is -3.84. The third-order valence-electron chi connectivity index (χ3n) is 4.38. The molecule has 0 bridgehead atoms. The fourth-order valence-corrected chi connectivity index (χ4v) is 3.86. The minimum atomic E-state index is -3.84. The Bertz CT molecular complexity index is 961. The summed E-state index contributed by atoms with van der Waals surface area (Å²) >= 11 is 0. The standard InChI is InChI=1S/C18H21N5O4S/c1-12(2)23-11-13(10-16(23)24)17(25)21-14-4-6-15(7-5-14)28(26,27)22-18-19-8-3-9-20-18/h3-9,12-13H,10-11H2,1-2H3,(H,21,25)(H,19,20,22)/t13-/m0/s1. The zero-order chi connectivity index (χ0) is 20.3. The maximum atomic E-state index is 12.4. The summed E-state index contributed by atoms with van der Waals surface area (Å²) < 4.78 is 27.0. The number of hydrogen-bond donors (Lipinski definition) is 2. The first-order chi connectivity index (χ1) is 13.3. The van der Waals surface area contributed by atoms with E-state index in [0.717, 1.165) is 0 Å². The van der Waals surface area contributed by atoms with E-state index in [1.807, 2.05) is 13.8 Å². The SMILES string of the molecule is CC(C)N1C[C@@H](C(=O)Nc2ccc(S(=O)(=O)Nc3ncccn3)cc2)CC1=O. The number of hydrogen-bond acceptors (Lipinski definition) is 6. The van der Waals surface area contributed by atoms with Crippen molar-refractivity contribution in [2.45, 2.75) is 31.2 Å². The third-order valence-corrected chi connectivity index (χ3v) is 5.72. The van der Waals surface area contributed by atoms with Crippen LogP contribution in [0.1, 0.15) is 20.3 Å². The molecule has 1 saturated heterocycles. The zero-order valence-electron chi connectivity index (χ0n) is 15.5. The van der Waals surface area contributed by atoms with E-state index in [9.17, 15) is 18.0 Å². The normalized spacial score (nSPS) is 17.0. The van der Waals surface area contributed by atoms with E-state index in [1.54, 1.807) is 11.0 Å². The van der Waals surface area contributed by atoms with Gasteiger partial charge in [0.1, 0.15) is 0 Å². The molecule has 0 saturated carbocycles. The first-order valence-electron chi connectivity index (χ1n) is 8.76. The molecule has 0 spiro atoms. The van der Waals surface area contributed by atoms with Crippen molar-refractivity contribution in [2.75, 3.05) is 16.6 Å². The van der Waals surface area contributed by atoms with E-state index in [4.69, 9.17) is 0 Å². The Balaban J connectivity index is 1.64. The van der Waals surface area contributed by atoms with Crippen LogP contribution in [0.2, 0.25) is 0 Å². The number of likely N-dealkylation sites (tertiary alicyclic amines) is 1. The molecule has 1 aliphatic heterocycles. The molecular formula is C18H21N5O4S. The van der Waals surface area contributed by atoms with E-state index in [0.29, 0.717) is 12.2 Å². The zero-order valence-corrected chi connectivity index (χ0v) is 16.3. The molecule has 2 aromatic rings. The van der Waals surface area contributed by atoms with Crippen LogP contribution in [0, 0.1) is 5.92 Å². The molecule has 148 valence electrons. The minimum absolute atomic E-state index is 0.0139. The predicted molar refractivity (Wildman–Crippen MR) is 103 cm³/mol. The van der Waals surface area contributed by atoms with Crippen LogP contribution in [0.5, 0.6) is 0 Å². The molecule has 0 aliphatic carbocycles. The lowest BCUT2D eigenvalue weighted by Gasteiger charge is -2.20. The second kappa shape index (κ2) is 7.93. The first kappa shape index (κ1) is 19.7. The Morgan fingerprint density at radius 2 is 1.82 bits per heavy atom. The van der Waals surface area contributed by atoms with Gasteiger partial charge in [-0.25, -0.2) is 23.1 Å². The van der Waals surface area contributed by atoms with Crippen molar-refractivity contribution in [3.05, 3.63) is 42.7 Å². The lowest BCUT2D eigenvalue weighted by atomic mass is 10.1. The predicted octanol–water partition coefficient (Wildman–Crippen LogP) is 1.47. The Hall–Kier alpha value is -3.01. The summed E-state index contributed by atoms with van der Waals surface area (Å²) in [5.74, 6) is -0.746. The van der Waals surface area contributed by atoms with Gasteiger partial charge < -0.3 is 10.2 Å². The Morgan fingerprint density at radius 3 is 2.39 bits per heavy atom. The summed E-state index contributed by atoms with van der Waals surface area (Å²) in [6.07, 6.45) is 3.03. The summed E-state index contributed by atoms with van der Waals surface area (Å²) in [6.45, 7) is 4.20. The van der Waals surface area contributed by atoms with Crippen molar-refractivity contribution in [1.29, 1.82) is 0 Å². The molecule has 9 nitrogen and oxygen atoms in total. The molecule has 2 N–H and O–H groups in total. The van der Waals surface area contributed by atoms with E-state index in [-0.39, 0.29) is 35.1 Å². The highest BCUT2D eigenvalue weighted by atomic mass is 32.2. The third kappa shape index (κ3) is 4.45. The molecule has 1 atom stereocenters. The van der Waals surface area contributed by atoms with Crippen molar-refractivity contribution in [2.24, 2.45) is 5.92 Å². The molecule has 1 aromatic carbocycles. The van der Waals surface area contributed by atoms with Crippen LogP contribution in [0.15, 0.2) is 47.6 Å². The van der Waals surface area contributed by atoms with Crippen LogP contribution in [-0.4, -0.2) is 47.7 Å². The van der Waals surface area contributed by atoms with Crippen molar-refractivity contribution in [3.8, 4) is 0 Å². The Labute approximate surface area is 163 Å². The van der Waals surface area contributed by atoms with Crippen molar-refractivity contribution in [1.82, 2.24) is 14.9 Å². The van der Waals surface area contributed by atoms with Crippen LogP contribution >= 0.6 is 0 Å². The molecule has 0 unspecified atom stereocenters. The lowest BCUT2D eigenvalue weighted by molar-refractivity contribution is -0.129. The average Bonchev–Trinajstić information content (AvgIpc) is 3.05. The van der Waals surface area contributed by atoms with Crippen molar-refractivity contribution >= 4 is 33.5 Å². The van der Waals surface area contributed by atoms with Crippen LogP contribution < -0.4 is 10.0 Å². The number of rotatable bonds is 6. The maximum absolute atomic E-state index is 12.4. The Morgan fingerprint density at radius 1 is 1.18 bits per heavy atom. The number of sulfonamides is 1. The van der Waals surface area contributed by atoms with Gasteiger partial charge in [0.25, 0.3) is 10.0 Å². The number of anilines is 2. The van der Waals surface area contributed by atoms with E-state index < -0.39 is 15.9 Å². The molecular weight excluding hydrogens is 382 g/mol. The number of nitrogens with one attached hydrogen (secondary N) is 2. The second-order valence-electron chi connectivity index (χ2n) is 6.73. The maximum Gasteiger partial charge on any atom is 0.264 e. The molecule has 0 radical (unpaired) electrons. The fraction of sp³-hybridized carbons (Fsp3) is 0.333. The number of amides is 2. The number of carbonyl (C=O) groups excluding carboxylic acids is 2. The summed E-state index contributed by atoms with van der Waals surface area (Å²) in [4.78, 5) is 33.7. The molecule has 2 heterocycles. The fourth-order valence-electron chi connectivity index (χ4n) is 2.90. The topological polar surface area (TPSA) is 121 Å². The summed E-state index contributed by atoms with van der Waals surface area (Å²) in [5.41, 5.74) is 0.454. The van der Waals surface area contributed by atoms with Crippen LogP contribution in [0.4, 0.5) is 11.6 Å². The number of carbonyl (C=O) groups is 2. The molecule has 2 amide bonds. The van der Waals surface area contributed by atoms with Crippen molar-refractivity contribution in [3.63, 3.8) is 0 Å². The van der Waals surface area contributed by atoms with Crippen molar-refractivity contribution < 1.29 is 18.0 Å². The quantitative estimate of drug-likeness (QED) is 0.753. The molecule has 3 rings (SSSR count). The van der Waals surface area contributed by atoms with Gasteiger partial charge in [0.15, 0.2) is 0 Å². The smallest absolute Gasteiger partial charge is 0.264 e. The van der Waals surface area contributed by atoms with Gasteiger partial charge in [-0.3, -0.25) is 9.59 Å². The molecule has 1 aromatic heterocycles. The highest BCUT2D eigenvalue weighted by molar-refractivity contribution is 7.92. The minimum Gasteiger partial charge on any atom is -0.339 e. The first-order valence-corrected chi connectivity index (χ1v) is 10.2. The second-order valence-corrected chi connectivity index (χ2v) is 8.41. The van der Waals surface area contributed by atoms with Crippen LogP contribution in [0.3, 0.4) is 0 Å². The number of benzene rings is 1.